The molecule has 3 N–H and O–H groups in total. The van der Waals surface area contributed by atoms with Gasteiger partial charge in [-0.3, -0.25) is 0 Å². The smallest absolute Gasteiger partial charge is 0.0505 e. The first-order chi connectivity index (χ1) is 7.59. The molecule has 1 unspecified atom stereocenters. The third-order valence-electron chi connectivity index (χ3n) is 4.08. The van der Waals surface area contributed by atoms with E-state index >= 15 is 0 Å². The summed E-state index contributed by atoms with van der Waals surface area (Å²) in [5.41, 5.74) is 9.98. The minimum Gasteiger partial charge on any atom is -0.396 e. The molecule has 1 aromatic carbocycles. The molecule has 0 bridgehead atoms. The zero-order valence-corrected chi connectivity index (χ0v) is 10.2. The van der Waals surface area contributed by atoms with Crippen LogP contribution in [0.3, 0.4) is 0 Å². The second-order valence-corrected chi connectivity index (χ2v) is 5.21. The van der Waals surface area contributed by atoms with Crippen molar-refractivity contribution in [2.45, 2.75) is 39.2 Å². The molecule has 0 aromatic heterocycles. The summed E-state index contributed by atoms with van der Waals surface area (Å²) in [6, 6.07) is 6.36. The monoisotopic (exact) mass is 219 g/mol. The van der Waals surface area contributed by atoms with Crippen LogP contribution in [0.4, 0.5) is 0 Å². The Kier molecular flexibility index (Phi) is 3.04. The van der Waals surface area contributed by atoms with Gasteiger partial charge in [0.15, 0.2) is 0 Å². The Morgan fingerprint density at radius 1 is 1.38 bits per heavy atom. The number of benzene rings is 1. The normalized spacial score (nSPS) is 20.2. The fourth-order valence-corrected chi connectivity index (χ4v) is 2.70. The van der Waals surface area contributed by atoms with Crippen LogP contribution >= 0.6 is 0 Å². The number of aliphatic hydroxyl groups is 1. The standard InChI is InChI=1S/C14H21NO/c1-10-4-5-12(11(2)8-10)13(15)14(9-16)6-3-7-14/h4-5,8,13,16H,3,6-7,9,15H2,1-2H3. The lowest BCUT2D eigenvalue weighted by molar-refractivity contribution is 0.0182. The molecular formula is C14H21NO. The average Bonchev–Trinajstić information content (AvgIpc) is 2.16. The summed E-state index contributed by atoms with van der Waals surface area (Å²) in [5.74, 6) is 0. The minimum atomic E-state index is -0.0555. The van der Waals surface area contributed by atoms with Crippen molar-refractivity contribution in [3.63, 3.8) is 0 Å². The topological polar surface area (TPSA) is 46.2 Å². The molecule has 1 saturated carbocycles. The van der Waals surface area contributed by atoms with Crippen molar-refractivity contribution in [2.24, 2.45) is 11.1 Å². The summed E-state index contributed by atoms with van der Waals surface area (Å²) in [5, 5.41) is 9.53. The molecule has 1 aliphatic carbocycles. The first-order valence-electron chi connectivity index (χ1n) is 6.03. The van der Waals surface area contributed by atoms with E-state index < -0.39 is 0 Å². The molecule has 1 aliphatic rings. The Balaban J connectivity index is 2.29. The minimum absolute atomic E-state index is 0.0214. The van der Waals surface area contributed by atoms with Gasteiger partial charge in [0, 0.05) is 11.5 Å². The van der Waals surface area contributed by atoms with Gasteiger partial charge in [-0.1, -0.05) is 30.2 Å². The van der Waals surface area contributed by atoms with E-state index in [0.717, 1.165) is 12.8 Å². The summed E-state index contributed by atoms with van der Waals surface area (Å²) in [6.45, 7) is 4.40. The van der Waals surface area contributed by atoms with Gasteiger partial charge in [0.05, 0.1) is 6.61 Å². The molecule has 0 heterocycles. The van der Waals surface area contributed by atoms with E-state index in [1.54, 1.807) is 0 Å². The van der Waals surface area contributed by atoms with Crippen LogP contribution in [0.1, 0.15) is 42.0 Å². The van der Waals surface area contributed by atoms with E-state index in [-0.39, 0.29) is 18.1 Å². The van der Waals surface area contributed by atoms with Crippen molar-refractivity contribution in [1.29, 1.82) is 0 Å². The van der Waals surface area contributed by atoms with Crippen LogP contribution in [0.2, 0.25) is 0 Å². The van der Waals surface area contributed by atoms with Crippen molar-refractivity contribution >= 4 is 0 Å². The lowest BCUT2D eigenvalue weighted by Crippen LogP contribution is -2.43. The maximum absolute atomic E-state index is 9.53. The Bertz CT molecular complexity index is 377. The highest BCUT2D eigenvalue weighted by Gasteiger charge is 2.42. The van der Waals surface area contributed by atoms with Gasteiger partial charge < -0.3 is 10.8 Å². The van der Waals surface area contributed by atoms with Crippen molar-refractivity contribution in [3.05, 3.63) is 34.9 Å². The first kappa shape index (κ1) is 11.6. The van der Waals surface area contributed by atoms with E-state index in [2.05, 4.69) is 32.0 Å². The van der Waals surface area contributed by atoms with E-state index in [1.165, 1.54) is 23.1 Å². The van der Waals surface area contributed by atoms with Gasteiger partial charge in [-0.2, -0.15) is 0 Å². The van der Waals surface area contributed by atoms with E-state index in [9.17, 15) is 5.11 Å². The summed E-state index contributed by atoms with van der Waals surface area (Å²) in [6.07, 6.45) is 3.30. The molecule has 1 atom stereocenters. The summed E-state index contributed by atoms with van der Waals surface area (Å²) in [4.78, 5) is 0. The van der Waals surface area contributed by atoms with Crippen molar-refractivity contribution in [2.75, 3.05) is 6.61 Å². The van der Waals surface area contributed by atoms with Gasteiger partial charge in [0.25, 0.3) is 0 Å². The second-order valence-electron chi connectivity index (χ2n) is 5.21. The molecule has 0 amide bonds. The quantitative estimate of drug-likeness (QED) is 0.820. The van der Waals surface area contributed by atoms with Crippen LogP contribution in [-0.2, 0) is 0 Å². The van der Waals surface area contributed by atoms with Crippen molar-refractivity contribution in [3.8, 4) is 0 Å². The lowest BCUT2D eigenvalue weighted by Gasteiger charge is -2.45. The van der Waals surface area contributed by atoms with Gasteiger partial charge in [0.1, 0.15) is 0 Å². The van der Waals surface area contributed by atoms with Gasteiger partial charge >= 0.3 is 0 Å². The van der Waals surface area contributed by atoms with Crippen LogP contribution in [0.15, 0.2) is 18.2 Å². The zero-order valence-electron chi connectivity index (χ0n) is 10.2. The van der Waals surface area contributed by atoms with E-state index in [0.29, 0.717) is 0 Å². The van der Waals surface area contributed by atoms with E-state index in [4.69, 9.17) is 5.73 Å². The number of rotatable bonds is 3. The van der Waals surface area contributed by atoms with Crippen molar-refractivity contribution in [1.82, 2.24) is 0 Å². The molecule has 88 valence electrons. The highest BCUT2D eigenvalue weighted by molar-refractivity contribution is 5.34. The van der Waals surface area contributed by atoms with Gasteiger partial charge in [0.2, 0.25) is 0 Å². The third-order valence-corrected chi connectivity index (χ3v) is 4.08. The predicted molar refractivity (Wildman–Crippen MR) is 66.2 cm³/mol. The molecule has 16 heavy (non-hydrogen) atoms. The molecule has 0 saturated heterocycles. The van der Waals surface area contributed by atoms with Crippen LogP contribution < -0.4 is 5.73 Å². The van der Waals surface area contributed by atoms with Gasteiger partial charge in [-0.05, 0) is 37.8 Å². The van der Waals surface area contributed by atoms with Crippen LogP contribution in [0.25, 0.3) is 0 Å². The largest absolute Gasteiger partial charge is 0.396 e. The molecule has 0 aliphatic heterocycles. The Hall–Kier alpha value is -0.860. The summed E-state index contributed by atoms with van der Waals surface area (Å²) >= 11 is 0. The van der Waals surface area contributed by atoms with Crippen LogP contribution in [0, 0.1) is 19.3 Å². The zero-order chi connectivity index (χ0) is 11.8. The highest BCUT2D eigenvalue weighted by Crippen LogP contribution is 2.49. The highest BCUT2D eigenvalue weighted by atomic mass is 16.3. The summed E-state index contributed by atoms with van der Waals surface area (Å²) in [7, 11) is 0. The first-order valence-corrected chi connectivity index (χ1v) is 6.03. The SMILES string of the molecule is Cc1ccc(C(N)C2(CO)CCC2)c(C)c1. The molecule has 2 heteroatoms. The van der Waals surface area contributed by atoms with Crippen molar-refractivity contribution < 1.29 is 5.11 Å². The maximum Gasteiger partial charge on any atom is 0.0505 e. The number of aliphatic hydroxyl groups excluding tert-OH is 1. The predicted octanol–water partition coefficient (Wildman–Crippen LogP) is 2.47. The molecule has 1 fully saturated rings. The van der Waals surface area contributed by atoms with Crippen LogP contribution in [-0.4, -0.2) is 11.7 Å². The molecule has 2 nitrogen and oxygen atoms in total. The van der Waals surface area contributed by atoms with Gasteiger partial charge in [-0.15, -0.1) is 0 Å². The second kappa shape index (κ2) is 4.19. The molecular weight excluding hydrogens is 198 g/mol. The third kappa shape index (κ3) is 1.76. The Morgan fingerprint density at radius 3 is 2.50 bits per heavy atom. The molecule has 2 rings (SSSR count). The molecule has 0 radical (unpaired) electrons. The average molecular weight is 219 g/mol. The van der Waals surface area contributed by atoms with Gasteiger partial charge in [-0.25, -0.2) is 0 Å². The number of nitrogens with two attached hydrogens (primary N) is 1. The number of aryl methyl sites for hydroxylation is 2. The fourth-order valence-electron chi connectivity index (χ4n) is 2.70. The van der Waals surface area contributed by atoms with Crippen LogP contribution in [0.5, 0.6) is 0 Å². The summed E-state index contributed by atoms with van der Waals surface area (Å²) < 4.78 is 0. The number of hydrogen-bond acceptors (Lipinski definition) is 2. The lowest BCUT2D eigenvalue weighted by atomic mass is 9.63. The fraction of sp³-hybridized carbons (Fsp3) is 0.571. The van der Waals surface area contributed by atoms with E-state index in [1.807, 2.05) is 0 Å². The molecule has 1 aromatic rings. The molecule has 0 spiro atoms. The number of hydrogen-bond donors (Lipinski definition) is 2. The Morgan fingerprint density at radius 2 is 2.06 bits per heavy atom. The maximum atomic E-state index is 9.53. The Labute approximate surface area is 97.5 Å².